The molecule has 0 saturated carbocycles. The van der Waals surface area contributed by atoms with Gasteiger partial charge in [0.1, 0.15) is 18.6 Å². The summed E-state index contributed by atoms with van der Waals surface area (Å²) in [5.41, 5.74) is 5.61. The Morgan fingerprint density at radius 3 is 2.71 bits per heavy atom. The molecule has 1 aromatic heterocycles. The fraction of sp³-hybridized carbons (Fsp3) is 0.160. The molecule has 6 heteroatoms. The molecule has 2 heterocycles. The minimum atomic E-state index is -0.0432. The minimum absolute atomic E-state index is 0.0432. The highest BCUT2D eigenvalue weighted by molar-refractivity contribution is 5.94. The van der Waals surface area contributed by atoms with E-state index in [2.05, 4.69) is 28.4 Å². The second-order valence-electron chi connectivity index (χ2n) is 7.64. The number of aldehydes is 1. The summed E-state index contributed by atoms with van der Waals surface area (Å²) in [4.78, 5) is 25.6. The molecule has 1 aliphatic rings. The lowest BCUT2D eigenvalue weighted by Crippen LogP contribution is -2.32. The number of hydrogen-bond acceptors (Lipinski definition) is 4. The Morgan fingerprint density at radius 1 is 1.06 bits per heavy atom. The third-order valence-electron chi connectivity index (χ3n) is 5.62. The van der Waals surface area contributed by atoms with E-state index >= 15 is 0 Å². The van der Waals surface area contributed by atoms with Gasteiger partial charge >= 0.3 is 0 Å². The fourth-order valence-corrected chi connectivity index (χ4v) is 3.93. The summed E-state index contributed by atoms with van der Waals surface area (Å²) in [6, 6.07) is 19.5. The first-order chi connectivity index (χ1) is 15.2. The zero-order valence-corrected chi connectivity index (χ0v) is 16.9. The molecule has 6 nitrogen and oxygen atoms in total. The van der Waals surface area contributed by atoms with Crippen LogP contribution in [0.1, 0.15) is 21.5 Å². The fourth-order valence-electron chi connectivity index (χ4n) is 3.93. The molecule has 0 unspecified atom stereocenters. The number of nitrogens with one attached hydrogen (secondary N) is 1. The lowest BCUT2D eigenvalue weighted by Gasteiger charge is -2.20. The summed E-state index contributed by atoms with van der Waals surface area (Å²) in [6.45, 7) is 1.44. The van der Waals surface area contributed by atoms with Gasteiger partial charge in [0, 0.05) is 29.5 Å². The van der Waals surface area contributed by atoms with Gasteiger partial charge in [-0.1, -0.05) is 30.3 Å². The summed E-state index contributed by atoms with van der Waals surface area (Å²) in [6.07, 6.45) is 3.02. The van der Waals surface area contributed by atoms with Gasteiger partial charge in [0.25, 0.3) is 5.91 Å². The minimum Gasteiger partial charge on any atom is -0.491 e. The topological polar surface area (TPSA) is 75.3 Å². The average molecular weight is 411 g/mol. The zero-order valence-electron chi connectivity index (χ0n) is 16.9. The Bertz CT molecular complexity index is 1260. The van der Waals surface area contributed by atoms with E-state index < -0.39 is 0 Å². The van der Waals surface area contributed by atoms with Gasteiger partial charge in [-0.3, -0.25) is 9.89 Å². The quantitative estimate of drug-likeness (QED) is 0.515. The first kappa shape index (κ1) is 19.1. The molecule has 1 N–H and O–H groups in total. The van der Waals surface area contributed by atoms with Crippen LogP contribution in [0.25, 0.3) is 22.0 Å². The standard InChI is InChI=1S/C25H21N3O3/c29-11-9-17-1-3-18(4-2-17)25(30)28-10-12-31-24-8-7-19(13-22(24)16-28)20-5-6-21-15-26-27-23(21)14-20/h1-8,11,13-15H,9-10,12,16H2,(H,26,27). The lowest BCUT2D eigenvalue weighted by atomic mass is 10.0. The highest BCUT2D eigenvalue weighted by Crippen LogP contribution is 2.31. The average Bonchev–Trinajstić information content (AvgIpc) is 3.17. The number of aromatic amines is 1. The predicted octanol–water partition coefficient (Wildman–Crippen LogP) is 4.01. The van der Waals surface area contributed by atoms with Gasteiger partial charge in [0.15, 0.2) is 0 Å². The summed E-state index contributed by atoms with van der Waals surface area (Å²) in [5, 5.41) is 8.16. The number of rotatable bonds is 4. The number of benzene rings is 3. The van der Waals surface area contributed by atoms with Crippen LogP contribution < -0.4 is 4.74 Å². The molecule has 31 heavy (non-hydrogen) atoms. The van der Waals surface area contributed by atoms with E-state index in [1.54, 1.807) is 18.3 Å². The molecule has 0 aliphatic carbocycles. The van der Waals surface area contributed by atoms with Gasteiger partial charge < -0.3 is 14.4 Å². The van der Waals surface area contributed by atoms with Gasteiger partial charge in [-0.25, -0.2) is 0 Å². The maximum absolute atomic E-state index is 13.1. The summed E-state index contributed by atoms with van der Waals surface area (Å²) in [5.74, 6) is 0.765. The third kappa shape index (κ3) is 3.80. The van der Waals surface area contributed by atoms with Crippen molar-refractivity contribution in [1.29, 1.82) is 0 Å². The Kier molecular flexibility index (Phi) is 4.96. The summed E-state index contributed by atoms with van der Waals surface area (Å²) >= 11 is 0. The lowest BCUT2D eigenvalue weighted by molar-refractivity contribution is -0.107. The molecule has 0 atom stereocenters. The molecule has 154 valence electrons. The van der Waals surface area contributed by atoms with Crippen molar-refractivity contribution in [3.05, 3.63) is 83.6 Å². The second kappa shape index (κ2) is 8.07. The monoisotopic (exact) mass is 411 g/mol. The van der Waals surface area contributed by atoms with E-state index in [4.69, 9.17) is 4.74 Å². The van der Waals surface area contributed by atoms with Crippen LogP contribution in [0.15, 0.2) is 66.9 Å². The number of aromatic nitrogens is 2. The molecule has 4 aromatic rings. The molecular weight excluding hydrogens is 390 g/mol. The first-order valence-corrected chi connectivity index (χ1v) is 10.2. The molecule has 0 fully saturated rings. The van der Waals surface area contributed by atoms with Crippen molar-refractivity contribution in [2.75, 3.05) is 13.2 Å². The number of carbonyl (C=O) groups is 2. The van der Waals surface area contributed by atoms with E-state index in [-0.39, 0.29) is 5.91 Å². The number of carbonyl (C=O) groups excluding carboxylic acids is 2. The number of nitrogens with zero attached hydrogens (tertiary/aromatic N) is 2. The maximum Gasteiger partial charge on any atom is 0.254 e. The molecule has 5 rings (SSSR count). The van der Waals surface area contributed by atoms with Crippen molar-refractivity contribution in [2.45, 2.75) is 13.0 Å². The first-order valence-electron chi connectivity index (χ1n) is 10.2. The van der Waals surface area contributed by atoms with Crippen LogP contribution in [0.3, 0.4) is 0 Å². The van der Waals surface area contributed by atoms with Gasteiger partial charge in [0.2, 0.25) is 0 Å². The summed E-state index contributed by atoms with van der Waals surface area (Å²) in [7, 11) is 0. The largest absolute Gasteiger partial charge is 0.491 e. The van der Waals surface area contributed by atoms with Gasteiger partial charge in [-0.05, 0) is 47.0 Å². The van der Waals surface area contributed by atoms with Crippen molar-refractivity contribution in [3.8, 4) is 16.9 Å². The number of ether oxygens (including phenoxy) is 1. The number of hydrogen-bond donors (Lipinski definition) is 1. The van der Waals surface area contributed by atoms with Crippen molar-refractivity contribution in [2.24, 2.45) is 0 Å². The van der Waals surface area contributed by atoms with E-state index in [9.17, 15) is 9.59 Å². The van der Waals surface area contributed by atoms with Crippen LogP contribution in [0.4, 0.5) is 0 Å². The van der Waals surface area contributed by atoms with Crippen molar-refractivity contribution >= 4 is 23.1 Å². The van der Waals surface area contributed by atoms with Crippen molar-refractivity contribution in [3.63, 3.8) is 0 Å². The van der Waals surface area contributed by atoms with Crippen LogP contribution in [-0.2, 0) is 17.8 Å². The summed E-state index contributed by atoms with van der Waals surface area (Å²) < 4.78 is 5.92. The van der Waals surface area contributed by atoms with E-state index in [0.29, 0.717) is 31.7 Å². The molecule has 0 bridgehead atoms. The van der Waals surface area contributed by atoms with Crippen LogP contribution in [0.5, 0.6) is 5.75 Å². The van der Waals surface area contributed by atoms with Gasteiger partial charge in [-0.15, -0.1) is 0 Å². The number of fused-ring (bicyclic) bond motifs is 2. The van der Waals surface area contributed by atoms with Crippen LogP contribution in [-0.4, -0.2) is 40.4 Å². The van der Waals surface area contributed by atoms with Crippen molar-refractivity contribution < 1.29 is 14.3 Å². The molecule has 1 amide bonds. The van der Waals surface area contributed by atoms with Gasteiger partial charge in [0.05, 0.1) is 18.3 Å². The number of H-pyrrole nitrogens is 1. The van der Waals surface area contributed by atoms with Crippen LogP contribution in [0.2, 0.25) is 0 Å². The predicted molar refractivity (Wildman–Crippen MR) is 118 cm³/mol. The Morgan fingerprint density at radius 2 is 1.87 bits per heavy atom. The highest BCUT2D eigenvalue weighted by atomic mass is 16.5. The van der Waals surface area contributed by atoms with Crippen LogP contribution in [0, 0.1) is 0 Å². The maximum atomic E-state index is 13.1. The highest BCUT2D eigenvalue weighted by Gasteiger charge is 2.21. The van der Waals surface area contributed by atoms with Crippen LogP contribution >= 0.6 is 0 Å². The molecule has 0 radical (unpaired) electrons. The molecule has 0 spiro atoms. The van der Waals surface area contributed by atoms with Gasteiger partial charge in [-0.2, -0.15) is 5.10 Å². The third-order valence-corrected chi connectivity index (χ3v) is 5.62. The Balaban J connectivity index is 1.42. The number of amides is 1. The molecule has 3 aromatic carbocycles. The Hall–Kier alpha value is -3.93. The molecular formula is C25H21N3O3. The van der Waals surface area contributed by atoms with E-state index in [1.807, 2.05) is 35.2 Å². The smallest absolute Gasteiger partial charge is 0.254 e. The normalized spacial score (nSPS) is 13.4. The second-order valence-corrected chi connectivity index (χ2v) is 7.64. The van der Waals surface area contributed by atoms with Crippen molar-refractivity contribution in [1.82, 2.24) is 15.1 Å². The Labute approximate surface area is 179 Å². The van der Waals surface area contributed by atoms with E-state index in [1.165, 1.54) is 0 Å². The SMILES string of the molecule is O=CCc1ccc(C(=O)N2CCOc3ccc(-c4ccc5cn[nH]c5c4)cc3C2)cc1. The molecule has 0 saturated heterocycles. The molecule has 1 aliphatic heterocycles. The van der Waals surface area contributed by atoms with E-state index in [0.717, 1.165) is 45.2 Å². The zero-order chi connectivity index (χ0) is 21.2.